The van der Waals surface area contributed by atoms with E-state index in [0.717, 1.165) is 6.42 Å². The summed E-state index contributed by atoms with van der Waals surface area (Å²) < 4.78 is 1.58. The van der Waals surface area contributed by atoms with Crippen LogP contribution in [0.2, 0.25) is 0 Å². The molecule has 138 valence electrons. The summed E-state index contributed by atoms with van der Waals surface area (Å²) in [7, 11) is 0. The van der Waals surface area contributed by atoms with Crippen molar-refractivity contribution in [3.05, 3.63) is 11.9 Å². The van der Waals surface area contributed by atoms with Crippen LogP contribution in [0, 0.1) is 11.8 Å². The predicted octanol–water partition coefficient (Wildman–Crippen LogP) is 2.79. The Bertz CT molecular complexity index is 601. The van der Waals surface area contributed by atoms with Crippen LogP contribution in [0.1, 0.15) is 81.2 Å². The Balaban J connectivity index is 1.49. The summed E-state index contributed by atoms with van der Waals surface area (Å²) >= 11 is 0. The number of hydrogen-bond acceptors (Lipinski definition) is 4. The minimum atomic E-state index is -1.07. The summed E-state index contributed by atoms with van der Waals surface area (Å²) in [5.74, 6) is -0.317. The molecule has 7 heteroatoms. The molecule has 0 saturated heterocycles. The summed E-state index contributed by atoms with van der Waals surface area (Å²) in [6.45, 7) is 2.16. The van der Waals surface area contributed by atoms with Gasteiger partial charge in [-0.3, -0.25) is 4.79 Å². The number of aromatic carboxylic acids is 1. The van der Waals surface area contributed by atoms with Crippen LogP contribution >= 0.6 is 0 Å². The lowest BCUT2D eigenvalue weighted by Gasteiger charge is -2.36. The number of carboxylic acid groups (broad SMARTS) is 1. The van der Waals surface area contributed by atoms with Crippen molar-refractivity contribution in [3.63, 3.8) is 0 Å². The molecule has 0 spiro atoms. The van der Waals surface area contributed by atoms with Crippen molar-refractivity contribution in [2.75, 3.05) is 0 Å². The third-order valence-electron chi connectivity index (χ3n) is 5.82. The molecule has 2 saturated carbocycles. The molecule has 2 N–H and O–H groups in total. The molecule has 1 atom stereocenters. The number of carboxylic acids is 1. The number of aromatic nitrogens is 3. The summed E-state index contributed by atoms with van der Waals surface area (Å²) in [5.41, 5.74) is -0.0488. The van der Waals surface area contributed by atoms with Gasteiger partial charge in [0, 0.05) is 12.0 Å². The van der Waals surface area contributed by atoms with Crippen LogP contribution in [0.4, 0.5) is 0 Å². The Morgan fingerprint density at radius 1 is 1.28 bits per heavy atom. The van der Waals surface area contributed by atoms with Gasteiger partial charge in [-0.1, -0.05) is 37.8 Å². The Hall–Kier alpha value is -1.92. The van der Waals surface area contributed by atoms with E-state index in [1.54, 1.807) is 4.68 Å². The maximum Gasteiger partial charge on any atom is 0.358 e. The van der Waals surface area contributed by atoms with Gasteiger partial charge in [-0.05, 0) is 38.0 Å². The minimum absolute atomic E-state index is 0.00214. The highest BCUT2D eigenvalue weighted by Crippen LogP contribution is 2.38. The van der Waals surface area contributed by atoms with Gasteiger partial charge in [0.2, 0.25) is 5.91 Å². The number of nitrogens with one attached hydrogen (secondary N) is 1. The van der Waals surface area contributed by atoms with Gasteiger partial charge in [0.1, 0.15) is 0 Å². The molecule has 25 heavy (non-hydrogen) atoms. The van der Waals surface area contributed by atoms with E-state index in [4.69, 9.17) is 5.11 Å². The van der Waals surface area contributed by atoms with Gasteiger partial charge in [-0.25, -0.2) is 9.48 Å². The number of rotatable bonds is 6. The van der Waals surface area contributed by atoms with Crippen LogP contribution in [0.3, 0.4) is 0 Å². The molecule has 0 radical (unpaired) electrons. The van der Waals surface area contributed by atoms with Crippen molar-refractivity contribution < 1.29 is 14.7 Å². The van der Waals surface area contributed by atoms with Gasteiger partial charge in [0.05, 0.1) is 12.2 Å². The fourth-order valence-corrected chi connectivity index (χ4v) is 4.14. The average molecular weight is 348 g/mol. The number of nitrogens with zero attached hydrogens (tertiary/aromatic N) is 3. The van der Waals surface area contributed by atoms with E-state index in [1.165, 1.54) is 44.7 Å². The molecule has 1 heterocycles. The molecule has 7 nitrogen and oxygen atoms in total. The lowest BCUT2D eigenvalue weighted by Crippen LogP contribution is -2.46. The second-order valence-corrected chi connectivity index (χ2v) is 7.49. The van der Waals surface area contributed by atoms with E-state index in [-0.39, 0.29) is 29.6 Å². The lowest BCUT2D eigenvalue weighted by atomic mass is 9.79. The van der Waals surface area contributed by atoms with E-state index in [9.17, 15) is 9.59 Å². The molecule has 0 aromatic carbocycles. The summed E-state index contributed by atoms with van der Waals surface area (Å²) in [5, 5.41) is 19.7. The average Bonchev–Trinajstić information content (AvgIpc) is 2.87. The first-order valence-electron chi connectivity index (χ1n) is 9.54. The van der Waals surface area contributed by atoms with E-state index < -0.39 is 5.97 Å². The smallest absolute Gasteiger partial charge is 0.358 e. The fraction of sp³-hybridized carbons (Fsp3) is 0.778. The maximum absolute atomic E-state index is 12.6. The Morgan fingerprint density at radius 2 is 1.96 bits per heavy atom. The van der Waals surface area contributed by atoms with Gasteiger partial charge in [0.25, 0.3) is 0 Å². The van der Waals surface area contributed by atoms with E-state index in [0.29, 0.717) is 18.8 Å². The minimum Gasteiger partial charge on any atom is -0.476 e. The van der Waals surface area contributed by atoms with Gasteiger partial charge in [-0.15, -0.1) is 5.10 Å². The Kier molecular flexibility index (Phi) is 5.71. The molecule has 1 aromatic rings. The van der Waals surface area contributed by atoms with Gasteiger partial charge in [0.15, 0.2) is 5.69 Å². The van der Waals surface area contributed by atoms with Crippen LogP contribution < -0.4 is 5.32 Å². The zero-order valence-electron chi connectivity index (χ0n) is 14.9. The normalized spacial score (nSPS) is 25.6. The number of amides is 1. The van der Waals surface area contributed by atoms with E-state index >= 15 is 0 Å². The van der Waals surface area contributed by atoms with Crippen molar-refractivity contribution in [3.8, 4) is 0 Å². The molecule has 2 aliphatic carbocycles. The van der Waals surface area contributed by atoms with Crippen LogP contribution in [-0.4, -0.2) is 38.0 Å². The molecule has 3 rings (SSSR count). The molecule has 0 bridgehead atoms. The molecule has 2 aliphatic rings. The predicted molar refractivity (Wildman–Crippen MR) is 92.2 cm³/mol. The van der Waals surface area contributed by atoms with Crippen molar-refractivity contribution in [2.24, 2.45) is 11.8 Å². The monoisotopic (exact) mass is 348 g/mol. The topological polar surface area (TPSA) is 97.1 Å². The van der Waals surface area contributed by atoms with Crippen molar-refractivity contribution in [1.29, 1.82) is 0 Å². The second-order valence-electron chi connectivity index (χ2n) is 7.49. The fourth-order valence-electron chi connectivity index (χ4n) is 4.14. The van der Waals surface area contributed by atoms with Gasteiger partial charge in [-0.2, -0.15) is 0 Å². The molecule has 1 unspecified atom stereocenters. The van der Waals surface area contributed by atoms with Crippen molar-refractivity contribution in [2.45, 2.75) is 76.8 Å². The molecular weight excluding hydrogens is 320 g/mol. The number of carbonyl (C=O) groups excluding carboxylic acids is 1. The first kappa shape index (κ1) is 17.9. The van der Waals surface area contributed by atoms with Crippen LogP contribution in [0.25, 0.3) is 0 Å². The SMILES string of the molecule is CCC(NC(=O)C1CC(n2cc(C(=O)O)nn2)C1)C1CCCCCC1. The molecule has 2 fully saturated rings. The Labute approximate surface area is 148 Å². The molecule has 1 aromatic heterocycles. The van der Waals surface area contributed by atoms with Gasteiger partial charge >= 0.3 is 5.97 Å². The number of carbonyl (C=O) groups is 2. The van der Waals surface area contributed by atoms with Crippen molar-refractivity contribution in [1.82, 2.24) is 20.3 Å². The lowest BCUT2D eigenvalue weighted by molar-refractivity contribution is -0.130. The first-order valence-corrected chi connectivity index (χ1v) is 9.54. The largest absolute Gasteiger partial charge is 0.476 e. The first-order chi connectivity index (χ1) is 12.1. The zero-order valence-corrected chi connectivity index (χ0v) is 14.9. The van der Waals surface area contributed by atoms with E-state index in [2.05, 4.69) is 22.6 Å². The van der Waals surface area contributed by atoms with Gasteiger partial charge < -0.3 is 10.4 Å². The second kappa shape index (κ2) is 7.97. The van der Waals surface area contributed by atoms with Crippen LogP contribution in [0.5, 0.6) is 0 Å². The zero-order chi connectivity index (χ0) is 17.8. The highest BCUT2D eigenvalue weighted by atomic mass is 16.4. The summed E-state index contributed by atoms with van der Waals surface area (Å²) in [6, 6.07) is 0.365. The van der Waals surface area contributed by atoms with Crippen molar-refractivity contribution >= 4 is 11.9 Å². The maximum atomic E-state index is 12.6. The van der Waals surface area contributed by atoms with Crippen LogP contribution in [0.15, 0.2) is 6.20 Å². The molecular formula is C18H28N4O3. The van der Waals surface area contributed by atoms with Crippen LogP contribution in [-0.2, 0) is 4.79 Å². The highest BCUT2D eigenvalue weighted by Gasteiger charge is 2.37. The third-order valence-corrected chi connectivity index (χ3v) is 5.82. The summed E-state index contributed by atoms with van der Waals surface area (Å²) in [4.78, 5) is 23.4. The number of hydrogen-bond donors (Lipinski definition) is 2. The highest BCUT2D eigenvalue weighted by molar-refractivity contribution is 5.84. The quantitative estimate of drug-likeness (QED) is 0.771. The Morgan fingerprint density at radius 3 is 2.52 bits per heavy atom. The van der Waals surface area contributed by atoms with E-state index in [1.807, 2.05) is 0 Å². The summed E-state index contributed by atoms with van der Waals surface area (Å²) in [6.07, 6.45) is 11.5. The molecule has 1 amide bonds. The standard InChI is InChI=1S/C18H28N4O3/c1-2-15(12-7-5-3-4-6-8-12)19-17(23)13-9-14(10-13)22-11-16(18(24)25)20-21-22/h11-15H,2-10H2,1H3,(H,19,23)(H,24,25). The third kappa shape index (κ3) is 4.19. The molecule has 0 aliphatic heterocycles.